The van der Waals surface area contributed by atoms with Crippen molar-refractivity contribution in [3.63, 3.8) is 0 Å². The van der Waals surface area contributed by atoms with E-state index in [0.717, 1.165) is 19.7 Å². The van der Waals surface area contributed by atoms with Gasteiger partial charge < -0.3 is 15.0 Å². The third kappa shape index (κ3) is 2.96. The quantitative estimate of drug-likeness (QED) is 0.867. The summed E-state index contributed by atoms with van der Waals surface area (Å²) >= 11 is 0. The average Bonchev–Trinajstić information content (AvgIpc) is 2.39. The fourth-order valence-corrected chi connectivity index (χ4v) is 2.51. The number of nitrogens with zero attached hydrogens (tertiary/aromatic N) is 1. The van der Waals surface area contributed by atoms with Gasteiger partial charge in [-0.05, 0) is 50.5 Å². The second-order valence-corrected chi connectivity index (χ2v) is 5.00. The summed E-state index contributed by atoms with van der Waals surface area (Å²) in [6.45, 7) is 7.19. The van der Waals surface area contributed by atoms with Gasteiger partial charge in [0.25, 0.3) is 0 Å². The molecule has 100 valence electrons. The van der Waals surface area contributed by atoms with Crippen molar-refractivity contribution in [1.29, 1.82) is 0 Å². The van der Waals surface area contributed by atoms with Crippen molar-refractivity contribution in [2.45, 2.75) is 32.7 Å². The molecule has 1 N–H and O–H groups in total. The van der Waals surface area contributed by atoms with E-state index in [1.54, 1.807) is 7.11 Å². The topological polar surface area (TPSA) is 24.5 Å². The van der Waals surface area contributed by atoms with E-state index < -0.39 is 0 Å². The zero-order valence-electron chi connectivity index (χ0n) is 11.7. The summed E-state index contributed by atoms with van der Waals surface area (Å²) in [5.74, 6) is 0. The minimum absolute atomic E-state index is 0.596. The number of rotatable bonds is 5. The van der Waals surface area contributed by atoms with Crippen molar-refractivity contribution in [3.8, 4) is 0 Å². The minimum atomic E-state index is 0.596. The Morgan fingerprint density at radius 3 is 3.00 bits per heavy atom. The molecule has 3 nitrogen and oxygen atoms in total. The number of nitrogens with one attached hydrogen (secondary N) is 1. The summed E-state index contributed by atoms with van der Waals surface area (Å²) in [6, 6.07) is 7.35. The summed E-state index contributed by atoms with van der Waals surface area (Å²) in [7, 11) is 1.76. The molecule has 1 unspecified atom stereocenters. The number of hydrogen-bond acceptors (Lipinski definition) is 3. The molecule has 1 heterocycles. The van der Waals surface area contributed by atoms with Gasteiger partial charge in [0, 0.05) is 37.6 Å². The van der Waals surface area contributed by atoms with Crippen molar-refractivity contribution in [1.82, 2.24) is 0 Å². The van der Waals surface area contributed by atoms with Crippen LogP contribution in [0.5, 0.6) is 0 Å². The highest BCUT2D eigenvalue weighted by molar-refractivity contribution is 5.62. The molecule has 0 spiro atoms. The predicted octanol–water partition coefficient (Wildman–Crippen LogP) is 2.91. The SMILES string of the molecule is CCN(CCOC)c1ccc2c(c1)CCC(C)N2. The summed E-state index contributed by atoms with van der Waals surface area (Å²) in [5.41, 5.74) is 4.06. The first-order chi connectivity index (χ1) is 8.74. The van der Waals surface area contributed by atoms with Gasteiger partial charge in [0.2, 0.25) is 0 Å². The molecule has 0 aromatic heterocycles. The van der Waals surface area contributed by atoms with Crippen LogP contribution >= 0.6 is 0 Å². The van der Waals surface area contributed by atoms with Crippen LogP contribution in [0.3, 0.4) is 0 Å². The molecule has 1 aromatic rings. The average molecular weight is 248 g/mol. The van der Waals surface area contributed by atoms with Crippen LogP contribution in [0.15, 0.2) is 18.2 Å². The molecule has 3 heteroatoms. The maximum Gasteiger partial charge on any atom is 0.0637 e. The molecule has 2 rings (SSSR count). The lowest BCUT2D eigenvalue weighted by molar-refractivity contribution is 0.205. The van der Waals surface area contributed by atoms with E-state index in [-0.39, 0.29) is 0 Å². The summed E-state index contributed by atoms with van der Waals surface area (Å²) in [4.78, 5) is 2.36. The van der Waals surface area contributed by atoms with E-state index in [1.165, 1.54) is 29.8 Å². The lowest BCUT2D eigenvalue weighted by atomic mass is 9.98. The molecule has 0 fully saturated rings. The Hall–Kier alpha value is -1.22. The molecule has 1 aliphatic rings. The Labute approximate surface area is 110 Å². The van der Waals surface area contributed by atoms with Gasteiger partial charge in [0.15, 0.2) is 0 Å². The van der Waals surface area contributed by atoms with E-state index in [4.69, 9.17) is 4.74 Å². The maximum atomic E-state index is 5.17. The molecule has 0 saturated carbocycles. The largest absolute Gasteiger partial charge is 0.383 e. The first-order valence-corrected chi connectivity index (χ1v) is 6.88. The van der Waals surface area contributed by atoms with Gasteiger partial charge in [-0.2, -0.15) is 0 Å². The van der Waals surface area contributed by atoms with E-state index in [0.29, 0.717) is 6.04 Å². The van der Waals surface area contributed by atoms with Crippen LogP contribution in [-0.4, -0.2) is 32.8 Å². The smallest absolute Gasteiger partial charge is 0.0637 e. The fourth-order valence-electron chi connectivity index (χ4n) is 2.51. The molecule has 0 aliphatic carbocycles. The van der Waals surface area contributed by atoms with Crippen LogP contribution in [0, 0.1) is 0 Å². The number of aryl methyl sites for hydroxylation is 1. The van der Waals surface area contributed by atoms with Crippen LogP contribution in [-0.2, 0) is 11.2 Å². The van der Waals surface area contributed by atoms with Crippen LogP contribution in [0.25, 0.3) is 0 Å². The van der Waals surface area contributed by atoms with E-state index >= 15 is 0 Å². The molecule has 0 amide bonds. The Morgan fingerprint density at radius 1 is 1.44 bits per heavy atom. The molecule has 0 bridgehead atoms. The molecule has 1 aromatic carbocycles. The molecule has 0 saturated heterocycles. The summed E-state index contributed by atoms with van der Waals surface area (Å²) in [5, 5.41) is 3.54. The van der Waals surface area contributed by atoms with E-state index in [1.807, 2.05) is 0 Å². The van der Waals surface area contributed by atoms with Crippen LogP contribution < -0.4 is 10.2 Å². The number of methoxy groups -OCH3 is 1. The zero-order chi connectivity index (χ0) is 13.0. The highest BCUT2D eigenvalue weighted by Gasteiger charge is 2.15. The predicted molar refractivity (Wildman–Crippen MR) is 77.6 cm³/mol. The monoisotopic (exact) mass is 248 g/mol. The van der Waals surface area contributed by atoms with Gasteiger partial charge in [-0.1, -0.05) is 0 Å². The van der Waals surface area contributed by atoms with E-state index in [2.05, 4.69) is 42.3 Å². The van der Waals surface area contributed by atoms with Crippen LogP contribution in [0.2, 0.25) is 0 Å². The van der Waals surface area contributed by atoms with Gasteiger partial charge in [0.1, 0.15) is 0 Å². The van der Waals surface area contributed by atoms with Crippen molar-refractivity contribution < 1.29 is 4.74 Å². The lowest BCUT2D eigenvalue weighted by Crippen LogP contribution is -2.27. The third-order valence-electron chi connectivity index (χ3n) is 3.65. The number of benzene rings is 1. The second kappa shape index (κ2) is 6.10. The molecule has 1 aliphatic heterocycles. The fraction of sp³-hybridized carbons (Fsp3) is 0.600. The number of anilines is 2. The Morgan fingerprint density at radius 2 is 2.28 bits per heavy atom. The Bertz CT molecular complexity index is 392. The molecule has 1 atom stereocenters. The minimum Gasteiger partial charge on any atom is -0.383 e. The van der Waals surface area contributed by atoms with Gasteiger partial charge in [-0.3, -0.25) is 0 Å². The zero-order valence-corrected chi connectivity index (χ0v) is 11.7. The van der Waals surface area contributed by atoms with E-state index in [9.17, 15) is 0 Å². The normalized spacial score (nSPS) is 18.1. The lowest BCUT2D eigenvalue weighted by Gasteiger charge is -2.28. The van der Waals surface area contributed by atoms with Gasteiger partial charge >= 0.3 is 0 Å². The van der Waals surface area contributed by atoms with Crippen LogP contribution in [0.1, 0.15) is 25.8 Å². The van der Waals surface area contributed by atoms with Gasteiger partial charge in [-0.25, -0.2) is 0 Å². The molecular formula is C15H24N2O. The van der Waals surface area contributed by atoms with Crippen LogP contribution in [0.4, 0.5) is 11.4 Å². The standard InChI is InChI=1S/C15H24N2O/c1-4-17(9-10-18-3)14-7-8-15-13(11-14)6-5-12(2)16-15/h7-8,11-12,16H,4-6,9-10H2,1-3H3. The first-order valence-electron chi connectivity index (χ1n) is 6.88. The molecule has 0 radical (unpaired) electrons. The van der Waals surface area contributed by atoms with Crippen molar-refractivity contribution in [2.75, 3.05) is 37.0 Å². The van der Waals surface area contributed by atoms with Crippen molar-refractivity contribution >= 4 is 11.4 Å². The number of hydrogen-bond donors (Lipinski definition) is 1. The second-order valence-electron chi connectivity index (χ2n) is 5.00. The van der Waals surface area contributed by atoms with Crippen molar-refractivity contribution in [3.05, 3.63) is 23.8 Å². The summed E-state index contributed by atoms with van der Waals surface area (Å²) < 4.78 is 5.17. The van der Waals surface area contributed by atoms with Gasteiger partial charge in [-0.15, -0.1) is 0 Å². The molecule has 18 heavy (non-hydrogen) atoms. The molecular weight excluding hydrogens is 224 g/mol. The highest BCUT2D eigenvalue weighted by atomic mass is 16.5. The van der Waals surface area contributed by atoms with Crippen molar-refractivity contribution in [2.24, 2.45) is 0 Å². The first kappa shape index (κ1) is 13.2. The summed E-state index contributed by atoms with van der Waals surface area (Å²) in [6.07, 6.45) is 2.40. The number of fused-ring (bicyclic) bond motifs is 1. The maximum absolute atomic E-state index is 5.17. The third-order valence-corrected chi connectivity index (χ3v) is 3.65. The van der Waals surface area contributed by atoms with Gasteiger partial charge in [0.05, 0.1) is 6.61 Å². The highest BCUT2D eigenvalue weighted by Crippen LogP contribution is 2.28. The number of likely N-dealkylation sites (N-methyl/N-ethyl adjacent to an activating group) is 1. The number of ether oxygens (including phenoxy) is 1. The Balaban J connectivity index is 2.14. The Kier molecular flexibility index (Phi) is 4.48.